The van der Waals surface area contributed by atoms with Gasteiger partial charge in [0.1, 0.15) is 11.6 Å². The maximum absolute atomic E-state index is 13.7. The van der Waals surface area contributed by atoms with E-state index < -0.39 is 16.1 Å². The van der Waals surface area contributed by atoms with Gasteiger partial charge in [-0.25, -0.2) is 14.8 Å². The van der Waals surface area contributed by atoms with Gasteiger partial charge in [0.2, 0.25) is 0 Å². The molecule has 0 saturated heterocycles. The Balaban J connectivity index is 0.924. The smallest absolute Gasteiger partial charge is 0.355 e. The van der Waals surface area contributed by atoms with Gasteiger partial charge in [-0.15, -0.1) is 10.2 Å². The van der Waals surface area contributed by atoms with Crippen LogP contribution in [0.5, 0.6) is 5.75 Å². The van der Waals surface area contributed by atoms with Gasteiger partial charge in [-0.1, -0.05) is 67.1 Å². The number of aryl methyl sites for hydroxylation is 1. The number of pyridine rings is 1. The first-order valence-electron chi connectivity index (χ1n) is 25.1. The fourth-order valence-electron chi connectivity index (χ4n) is 14.6. The number of carboxylic acid groups (broad SMARTS) is 1. The van der Waals surface area contributed by atoms with Crippen LogP contribution in [0, 0.1) is 49.4 Å². The van der Waals surface area contributed by atoms with Crippen LogP contribution < -0.4 is 15.0 Å². The summed E-state index contributed by atoms with van der Waals surface area (Å²) in [6.07, 6.45) is 11.6. The van der Waals surface area contributed by atoms with Crippen molar-refractivity contribution in [3.8, 4) is 28.0 Å². The number of ether oxygens (including phenoxy) is 1. The molecule has 374 valence electrons. The van der Waals surface area contributed by atoms with E-state index in [9.17, 15) is 18.3 Å². The van der Waals surface area contributed by atoms with E-state index >= 15 is 0 Å². The van der Waals surface area contributed by atoms with Gasteiger partial charge in [0.25, 0.3) is 10.1 Å². The lowest BCUT2D eigenvalue weighted by molar-refractivity contribution is -0.198. The Kier molecular flexibility index (Phi) is 11.9. The highest BCUT2D eigenvalue weighted by molar-refractivity contribution is 7.86. The minimum Gasteiger partial charge on any atom is -0.497 e. The van der Waals surface area contributed by atoms with Gasteiger partial charge in [0, 0.05) is 46.6 Å². The highest BCUT2D eigenvalue weighted by Gasteiger charge is 2.65. The number of para-hydroxylation sites is 1. The lowest BCUT2D eigenvalue weighted by atomic mass is 9.35. The second-order valence-corrected chi connectivity index (χ2v) is 24.9. The van der Waals surface area contributed by atoms with Gasteiger partial charge in [-0.3, -0.25) is 8.86 Å². The van der Waals surface area contributed by atoms with E-state index in [0.717, 1.165) is 111 Å². The van der Waals surface area contributed by atoms with Gasteiger partial charge in [-0.05, 0) is 161 Å². The number of aromatic carboxylic acids is 1. The number of nitrogens with zero attached hydrogens (tertiary/aromatic N) is 7. The van der Waals surface area contributed by atoms with Crippen molar-refractivity contribution in [2.75, 3.05) is 30.5 Å². The predicted molar refractivity (Wildman–Crippen MR) is 281 cm³/mol. The van der Waals surface area contributed by atoms with Crippen molar-refractivity contribution in [2.45, 2.75) is 117 Å². The summed E-state index contributed by atoms with van der Waals surface area (Å²) in [7, 11) is -2.21. The van der Waals surface area contributed by atoms with E-state index in [0.29, 0.717) is 48.3 Å². The molecule has 3 aromatic carbocycles. The molecule has 0 spiro atoms. The van der Waals surface area contributed by atoms with E-state index in [2.05, 4.69) is 30.8 Å². The lowest BCUT2D eigenvalue weighted by Crippen LogP contribution is -2.60. The maximum atomic E-state index is 13.7. The van der Waals surface area contributed by atoms with Crippen molar-refractivity contribution >= 4 is 60.2 Å². The summed E-state index contributed by atoms with van der Waals surface area (Å²) in [5.74, 6) is 1.36. The third-order valence-corrected chi connectivity index (χ3v) is 18.5. The number of carbonyl (C=O) groups is 1. The molecule has 5 heterocycles. The molecule has 4 saturated carbocycles. The van der Waals surface area contributed by atoms with Gasteiger partial charge >= 0.3 is 5.97 Å². The molecule has 4 fully saturated rings. The number of nitrogens with one attached hydrogen (secondary N) is 1. The molecule has 72 heavy (non-hydrogen) atoms. The quantitative estimate of drug-likeness (QED) is 0.0734. The van der Waals surface area contributed by atoms with Gasteiger partial charge in [0.15, 0.2) is 22.5 Å². The second kappa shape index (κ2) is 17.8. The molecule has 4 aliphatic carbocycles. The third kappa shape index (κ3) is 8.62. The molecule has 0 amide bonds. The van der Waals surface area contributed by atoms with Crippen LogP contribution in [0.2, 0.25) is 0 Å². The van der Waals surface area contributed by atoms with Crippen molar-refractivity contribution in [2.24, 2.45) is 21.7 Å². The minimum atomic E-state index is -3.85. The van der Waals surface area contributed by atoms with Gasteiger partial charge < -0.3 is 20.1 Å². The van der Waals surface area contributed by atoms with Crippen LogP contribution in [0.15, 0.2) is 83.9 Å². The maximum Gasteiger partial charge on any atom is 0.355 e. The largest absolute Gasteiger partial charge is 0.497 e. The minimum absolute atomic E-state index is 0.0350. The highest BCUT2D eigenvalue weighted by Crippen LogP contribution is 2.75. The van der Waals surface area contributed by atoms with Crippen molar-refractivity contribution in [3.05, 3.63) is 113 Å². The molecule has 2 N–H and O–H groups in total. The topological polar surface area (TPSA) is 175 Å². The SMILES string of the molecule is COc1ccc(-c2c(N3CCCc4c3nnc(Nc3nc5ccccc5s3)c4C)nc(C(=O)O)c(-c3cnn(CC45CC6(C)CC(C)(CC(CCCOS(=O)(=O)c7ccc(C)cc7)(C6)C4)C5)c3C)c2C)cc1. The number of hydrogen-bond acceptors (Lipinski definition) is 13. The summed E-state index contributed by atoms with van der Waals surface area (Å²) in [4.78, 5) is 25.8. The number of fused-ring (bicyclic) bond motifs is 2. The van der Waals surface area contributed by atoms with Crippen LogP contribution in [0.1, 0.15) is 110 Å². The molecule has 5 aliphatic rings. The van der Waals surface area contributed by atoms with E-state index in [1.54, 1.807) is 42.7 Å². The average molecular weight is 1010 g/mol. The van der Waals surface area contributed by atoms with Crippen LogP contribution in [0.3, 0.4) is 0 Å². The average Bonchev–Trinajstić information content (AvgIpc) is 3.91. The zero-order valence-corrected chi connectivity index (χ0v) is 43.8. The normalized spacial score (nSPS) is 23.4. The number of thiazole rings is 1. The molecular formula is C56H62N8O6S2. The molecule has 2 unspecified atom stereocenters. The molecule has 7 aromatic rings. The summed E-state index contributed by atoms with van der Waals surface area (Å²) in [6.45, 7) is 14.4. The monoisotopic (exact) mass is 1010 g/mol. The number of methoxy groups -OCH3 is 1. The number of hydrogen-bond donors (Lipinski definition) is 2. The Labute approximate surface area is 425 Å². The zero-order chi connectivity index (χ0) is 50.4. The second-order valence-electron chi connectivity index (χ2n) is 22.2. The Morgan fingerprint density at radius 1 is 0.833 bits per heavy atom. The number of carboxylic acids is 1. The number of rotatable bonds is 15. The molecule has 12 rings (SSSR count). The first kappa shape index (κ1) is 48.1. The van der Waals surface area contributed by atoms with E-state index in [1.165, 1.54) is 6.42 Å². The third-order valence-electron chi connectivity index (χ3n) is 16.2. The molecule has 0 radical (unpaired) electrons. The van der Waals surface area contributed by atoms with Crippen molar-refractivity contribution in [1.29, 1.82) is 0 Å². The van der Waals surface area contributed by atoms with Crippen molar-refractivity contribution in [3.63, 3.8) is 0 Å². The molecule has 2 atom stereocenters. The van der Waals surface area contributed by atoms with Crippen LogP contribution in [0.25, 0.3) is 32.5 Å². The summed E-state index contributed by atoms with van der Waals surface area (Å²) in [5, 5.41) is 30.0. The summed E-state index contributed by atoms with van der Waals surface area (Å²) in [6, 6.07) is 22.7. The van der Waals surface area contributed by atoms with Crippen LogP contribution in [-0.4, -0.2) is 69.7 Å². The summed E-state index contributed by atoms with van der Waals surface area (Å²) in [5.41, 5.74) is 8.76. The molecule has 16 heteroatoms. The van der Waals surface area contributed by atoms with E-state index in [-0.39, 0.29) is 38.9 Å². The number of aromatic nitrogens is 6. The molecule has 4 bridgehead atoms. The highest BCUT2D eigenvalue weighted by atomic mass is 32.2. The van der Waals surface area contributed by atoms with Crippen LogP contribution >= 0.6 is 11.3 Å². The predicted octanol–water partition coefficient (Wildman–Crippen LogP) is 12.3. The van der Waals surface area contributed by atoms with Crippen molar-refractivity contribution < 1.29 is 27.2 Å². The first-order valence-corrected chi connectivity index (χ1v) is 27.3. The van der Waals surface area contributed by atoms with E-state index in [4.69, 9.17) is 34.2 Å². The molecule has 4 aromatic heterocycles. The van der Waals surface area contributed by atoms with Gasteiger partial charge in [0.05, 0.1) is 35.0 Å². The molecule has 1 aliphatic heterocycles. The van der Waals surface area contributed by atoms with E-state index in [1.807, 2.05) is 80.4 Å². The zero-order valence-electron chi connectivity index (χ0n) is 42.1. The standard InChI is InChI=1S/C56H62N8O6S2/c1-34-15-21-40(22-16-34)72(67,68)70-25-11-23-55-28-53(5)27-54(6,29-55)31-56(30-53,32-55)33-64-37(4)42(26-57-64)46-36(3)45(38-17-19-39(69-7)20-18-38)50(59-47(46)51(65)66)63-24-10-12-41-35(2)48(61-62-49(41)63)60-52-58-43-13-8-9-14-44(43)71-52/h8-9,13-22,26H,10-12,23-25,27-33H2,1-7H3,(H,65,66)(H,58,60,61). The fraction of sp³-hybridized carbons (Fsp3) is 0.429. The Hall–Kier alpha value is -6.23. The Bertz CT molecular complexity index is 3340. The van der Waals surface area contributed by atoms with Crippen molar-refractivity contribution in [1.82, 2.24) is 29.9 Å². The van der Waals surface area contributed by atoms with Gasteiger partial charge in [-0.2, -0.15) is 13.5 Å². The number of benzene rings is 3. The lowest BCUT2D eigenvalue weighted by Gasteiger charge is -2.70. The fourth-order valence-corrected chi connectivity index (χ4v) is 16.4. The van der Waals surface area contributed by atoms with Crippen LogP contribution in [-0.2, 0) is 27.3 Å². The number of anilines is 4. The Morgan fingerprint density at radius 3 is 2.26 bits per heavy atom. The van der Waals surface area contributed by atoms with Crippen LogP contribution in [0.4, 0.5) is 22.6 Å². The Morgan fingerprint density at radius 2 is 1.56 bits per heavy atom. The molecule has 14 nitrogen and oxygen atoms in total. The molecular weight excluding hydrogens is 945 g/mol. The summed E-state index contributed by atoms with van der Waals surface area (Å²) < 4.78 is 40.6. The summed E-state index contributed by atoms with van der Waals surface area (Å²) >= 11 is 1.56. The first-order chi connectivity index (χ1) is 34.4.